The minimum Gasteiger partial charge on any atom is -0.457 e. The van der Waals surface area contributed by atoms with Gasteiger partial charge in [0.25, 0.3) is 0 Å². The summed E-state index contributed by atoms with van der Waals surface area (Å²) in [6.07, 6.45) is 2.08. The number of carbonyl (C=O) groups excluding carboxylic acids is 1. The van der Waals surface area contributed by atoms with Crippen molar-refractivity contribution >= 4 is 13.8 Å². The van der Waals surface area contributed by atoms with E-state index in [1.165, 1.54) is 0 Å². The average Bonchev–Trinajstić information content (AvgIpc) is 2.93. The van der Waals surface area contributed by atoms with E-state index < -0.39 is 32.1 Å². The molecule has 0 aliphatic heterocycles. The van der Waals surface area contributed by atoms with Crippen LogP contribution in [0.1, 0.15) is 56.2 Å². The molecular weight excluding hydrogens is 503 g/mol. The first-order valence-electron chi connectivity index (χ1n) is 13.0. The predicted molar refractivity (Wildman–Crippen MR) is 146 cm³/mol. The fraction of sp³-hybridized carbons (Fsp3) is 0.367. The summed E-state index contributed by atoms with van der Waals surface area (Å²) in [5, 5.41) is 0. The highest BCUT2D eigenvalue weighted by Crippen LogP contribution is 2.41. The molecular formula is C30H37O7P. The highest BCUT2D eigenvalue weighted by Gasteiger charge is 2.39. The largest absolute Gasteiger partial charge is 0.469 e. The summed E-state index contributed by atoms with van der Waals surface area (Å²) in [6.45, 7) is 3.31. The molecule has 7 nitrogen and oxygen atoms in total. The Balaban J connectivity index is 2.00. The van der Waals surface area contributed by atoms with E-state index in [4.69, 9.17) is 14.0 Å². The number of ether oxygens (including phenoxy) is 2. The van der Waals surface area contributed by atoms with Gasteiger partial charge in [-0.15, -0.1) is 0 Å². The summed E-state index contributed by atoms with van der Waals surface area (Å²) in [4.78, 5) is 31.7. The number of phosphoric acid groups is 1. The maximum Gasteiger partial charge on any atom is 0.469 e. The molecule has 3 aromatic rings. The van der Waals surface area contributed by atoms with Crippen molar-refractivity contribution < 1.29 is 33.1 Å². The molecule has 3 rings (SSSR count). The van der Waals surface area contributed by atoms with Gasteiger partial charge in [-0.2, -0.15) is 0 Å². The smallest absolute Gasteiger partial charge is 0.457 e. The van der Waals surface area contributed by atoms with Crippen LogP contribution < -0.4 is 0 Å². The van der Waals surface area contributed by atoms with Crippen LogP contribution in [0.5, 0.6) is 0 Å². The van der Waals surface area contributed by atoms with E-state index in [9.17, 15) is 19.1 Å². The van der Waals surface area contributed by atoms with Crippen molar-refractivity contribution in [2.45, 2.75) is 51.2 Å². The normalized spacial score (nSPS) is 13.6. The molecule has 3 aromatic carbocycles. The minimum absolute atomic E-state index is 0.158. The standard InChI is InChI=1S/C30H37O7P/c1-3-5-15-24(4-2)29(31)37-28(23-36-38(32,33)34)22-35-30(25-16-9-6-10-17-25,26-18-11-7-12-19-26)27-20-13-8-14-21-27/h6-14,16-21,24,28H,3-5,15,22-23H2,1-2H3,(H2,32,33,34)/t24?,28-/m1/s1. The molecule has 0 aliphatic carbocycles. The molecule has 0 spiro atoms. The van der Waals surface area contributed by atoms with Crippen LogP contribution in [0.3, 0.4) is 0 Å². The monoisotopic (exact) mass is 540 g/mol. The number of hydrogen-bond donors (Lipinski definition) is 2. The fourth-order valence-corrected chi connectivity index (χ4v) is 4.84. The summed E-state index contributed by atoms with van der Waals surface area (Å²) < 4.78 is 28.8. The van der Waals surface area contributed by atoms with Crippen LogP contribution >= 0.6 is 7.82 Å². The van der Waals surface area contributed by atoms with Crippen molar-refractivity contribution in [1.82, 2.24) is 0 Å². The lowest BCUT2D eigenvalue weighted by atomic mass is 9.80. The number of benzene rings is 3. The van der Waals surface area contributed by atoms with Gasteiger partial charge in [-0.25, -0.2) is 4.57 Å². The fourth-order valence-electron chi connectivity index (χ4n) is 4.48. The number of hydrogen-bond acceptors (Lipinski definition) is 5. The van der Waals surface area contributed by atoms with Crippen molar-refractivity contribution in [3.63, 3.8) is 0 Å². The summed E-state index contributed by atoms with van der Waals surface area (Å²) >= 11 is 0. The molecule has 0 radical (unpaired) electrons. The first kappa shape index (κ1) is 29.8. The number of carbonyl (C=O) groups is 1. The van der Waals surface area contributed by atoms with Gasteiger partial charge < -0.3 is 19.3 Å². The molecule has 8 heteroatoms. The molecule has 0 heterocycles. The van der Waals surface area contributed by atoms with Gasteiger partial charge in [0, 0.05) is 0 Å². The molecule has 0 fully saturated rings. The van der Waals surface area contributed by atoms with E-state index in [2.05, 4.69) is 6.92 Å². The maximum atomic E-state index is 13.0. The van der Waals surface area contributed by atoms with Crippen LogP contribution in [0, 0.1) is 5.92 Å². The maximum absolute atomic E-state index is 13.0. The third-order valence-electron chi connectivity index (χ3n) is 6.47. The van der Waals surface area contributed by atoms with Gasteiger partial charge in [0.05, 0.1) is 19.1 Å². The molecule has 2 N–H and O–H groups in total. The molecule has 0 amide bonds. The second kappa shape index (κ2) is 14.4. The van der Waals surface area contributed by atoms with Crippen LogP contribution in [-0.2, 0) is 29.0 Å². The third kappa shape index (κ3) is 8.10. The van der Waals surface area contributed by atoms with E-state index in [1.807, 2.05) is 97.9 Å². The number of unbranched alkanes of at least 4 members (excludes halogenated alkanes) is 1. The van der Waals surface area contributed by atoms with Crippen LogP contribution in [-0.4, -0.2) is 35.1 Å². The number of esters is 1. The van der Waals surface area contributed by atoms with E-state index in [-0.39, 0.29) is 12.5 Å². The second-order valence-corrected chi connectivity index (χ2v) is 10.4. The van der Waals surface area contributed by atoms with Crippen LogP contribution in [0.4, 0.5) is 0 Å². The Morgan fingerprint density at radius 2 is 1.29 bits per heavy atom. The van der Waals surface area contributed by atoms with Crippen LogP contribution in [0.15, 0.2) is 91.0 Å². The summed E-state index contributed by atoms with van der Waals surface area (Å²) in [6, 6.07) is 29.1. The predicted octanol–water partition coefficient (Wildman–Crippen LogP) is 6.23. The SMILES string of the molecule is CCCCC(CC)C(=O)O[C@H](COC(c1ccccc1)(c1ccccc1)c1ccccc1)COP(=O)(O)O. The molecule has 0 saturated carbocycles. The summed E-state index contributed by atoms with van der Waals surface area (Å²) in [5.74, 6) is -0.733. The van der Waals surface area contributed by atoms with Gasteiger partial charge in [-0.3, -0.25) is 9.32 Å². The third-order valence-corrected chi connectivity index (χ3v) is 6.96. The van der Waals surface area contributed by atoms with Crippen molar-refractivity contribution in [2.24, 2.45) is 5.92 Å². The Labute approximate surface area is 225 Å². The Morgan fingerprint density at radius 1 is 0.816 bits per heavy atom. The summed E-state index contributed by atoms with van der Waals surface area (Å²) in [5.41, 5.74) is 1.48. The molecule has 0 saturated heterocycles. The van der Waals surface area contributed by atoms with Gasteiger partial charge >= 0.3 is 13.8 Å². The number of phosphoric ester groups is 1. The van der Waals surface area contributed by atoms with Crippen molar-refractivity contribution in [3.8, 4) is 0 Å². The lowest BCUT2D eigenvalue weighted by Crippen LogP contribution is -2.38. The molecule has 1 unspecified atom stereocenters. The number of rotatable bonds is 15. The molecule has 204 valence electrons. The Hall–Kier alpha value is -2.80. The summed E-state index contributed by atoms with van der Waals surface area (Å²) in [7, 11) is -4.80. The minimum atomic E-state index is -4.80. The van der Waals surface area contributed by atoms with E-state index in [0.717, 1.165) is 29.5 Å². The zero-order chi connectivity index (χ0) is 27.4. The van der Waals surface area contributed by atoms with Crippen LogP contribution in [0.2, 0.25) is 0 Å². The Bertz CT molecular complexity index is 1050. The van der Waals surface area contributed by atoms with E-state index >= 15 is 0 Å². The molecule has 38 heavy (non-hydrogen) atoms. The van der Waals surface area contributed by atoms with Crippen LogP contribution in [0.25, 0.3) is 0 Å². The van der Waals surface area contributed by atoms with E-state index in [0.29, 0.717) is 12.8 Å². The van der Waals surface area contributed by atoms with Gasteiger partial charge in [0.15, 0.2) is 0 Å². The lowest BCUT2D eigenvalue weighted by Gasteiger charge is -2.37. The van der Waals surface area contributed by atoms with Crippen molar-refractivity contribution in [1.29, 1.82) is 0 Å². The average molecular weight is 541 g/mol. The van der Waals surface area contributed by atoms with Gasteiger partial charge in [0.1, 0.15) is 11.7 Å². The lowest BCUT2D eigenvalue weighted by molar-refractivity contribution is -0.162. The van der Waals surface area contributed by atoms with Crippen molar-refractivity contribution in [2.75, 3.05) is 13.2 Å². The quantitative estimate of drug-likeness (QED) is 0.134. The highest BCUT2D eigenvalue weighted by atomic mass is 31.2. The molecule has 2 atom stereocenters. The van der Waals surface area contributed by atoms with E-state index in [1.54, 1.807) is 0 Å². The van der Waals surface area contributed by atoms with Gasteiger partial charge in [-0.1, -0.05) is 118 Å². The van der Waals surface area contributed by atoms with Gasteiger partial charge in [0.2, 0.25) is 0 Å². The highest BCUT2D eigenvalue weighted by molar-refractivity contribution is 7.46. The second-order valence-electron chi connectivity index (χ2n) is 9.18. The Morgan fingerprint density at radius 3 is 1.68 bits per heavy atom. The molecule has 0 aromatic heterocycles. The first-order valence-corrected chi connectivity index (χ1v) is 14.5. The Kier molecular flexibility index (Phi) is 11.3. The first-order chi connectivity index (χ1) is 18.3. The zero-order valence-corrected chi connectivity index (χ0v) is 22.8. The zero-order valence-electron chi connectivity index (χ0n) is 21.9. The van der Waals surface area contributed by atoms with Gasteiger partial charge in [-0.05, 0) is 29.5 Å². The molecule has 0 aliphatic rings. The topological polar surface area (TPSA) is 102 Å². The van der Waals surface area contributed by atoms with Crippen molar-refractivity contribution in [3.05, 3.63) is 108 Å². The molecule has 0 bridgehead atoms.